The van der Waals surface area contributed by atoms with E-state index in [1.165, 1.54) is 24.1 Å². The quantitative estimate of drug-likeness (QED) is 0.347. The van der Waals surface area contributed by atoms with Crippen molar-refractivity contribution in [3.05, 3.63) is 88.9 Å². The molecule has 2 amide bonds. The molecule has 38 heavy (non-hydrogen) atoms. The summed E-state index contributed by atoms with van der Waals surface area (Å²) in [5, 5.41) is 2.84. The number of anilines is 1. The first-order valence-electron chi connectivity index (χ1n) is 12.1. The number of carbonyl (C=O) groups excluding carboxylic acids is 2. The normalized spacial score (nSPS) is 12.1. The lowest BCUT2D eigenvalue weighted by Gasteiger charge is -2.32. The summed E-state index contributed by atoms with van der Waals surface area (Å²) in [7, 11) is -2.73. The summed E-state index contributed by atoms with van der Waals surface area (Å²) >= 11 is 3.44. The molecule has 0 saturated carbocycles. The Bertz CT molecular complexity index is 1370. The molecular weight excluding hydrogens is 570 g/mol. The summed E-state index contributed by atoms with van der Waals surface area (Å²) in [6, 6.07) is 20.9. The van der Waals surface area contributed by atoms with Crippen LogP contribution in [0.1, 0.15) is 26.3 Å². The molecule has 0 saturated heterocycles. The molecule has 0 aliphatic carbocycles. The first-order valence-corrected chi connectivity index (χ1v) is 14.3. The number of para-hydroxylation sites is 2. The second-order valence-corrected chi connectivity index (χ2v) is 11.8. The van der Waals surface area contributed by atoms with Crippen molar-refractivity contribution in [2.75, 3.05) is 18.0 Å². The van der Waals surface area contributed by atoms with Crippen molar-refractivity contribution in [1.82, 2.24) is 10.2 Å². The van der Waals surface area contributed by atoms with Crippen LogP contribution in [-0.4, -0.2) is 50.9 Å². The van der Waals surface area contributed by atoms with Crippen molar-refractivity contribution in [3.63, 3.8) is 0 Å². The van der Waals surface area contributed by atoms with Gasteiger partial charge in [0.1, 0.15) is 18.3 Å². The number of hydrogen-bond acceptors (Lipinski definition) is 5. The average Bonchev–Trinajstić information content (AvgIpc) is 2.90. The molecule has 3 aromatic rings. The molecule has 1 N–H and O–H groups in total. The Morgan fingerprint density at radius 3 is 2.24 bits per heavy atom. The maximum atomic E-state index is 13.9. The standard InChI is InChI=1S/C28H32BrN3O5S/c1-20(2)30-28(34)21(3)31(18-22-11-10-12-23(29)17-22)27(33)19-32(25-15-8-9-16-26(25)37-4)38(35,36)24-13-6-5-7-14-24/h5-17,20-21H,18-19H2,1-4H3,(H,30,34). The van der Waals surface area contributed by atoms with Crippen molar-refractivity contribution in [1.29, 1.82) is 0 Å². The molecule has 0 bridgehead atoms. The third-order valence-corrected chi connectivity index (χ3v) is 8.07. The molecule has 0 radical (unpaired) electrons. The van der Waals surface area contributed by atoms with Gasteiger partial charge in [-0.05, 0) is 62.7 Å². The molecule has 0 heterocycles. The van der Waals surface area contributed by atoms with E-state index >= 15 is 0 Å². The number of hydrogen-bond donors (Lipinski definition) is 1. The van der Waals surface area contributed by atoms with E-state index < -0.39 is 28.5 Å². The predicted octanol–water partition coefficient (Wildman–Crippen LogP) is 4.59. The van der Waals surface area contributed by atoms with E-state index in [2.05, 4.69) is 21.2 Å². The summed E-state index contributed by atoms with van der Waals surface area (Å²) in [5.74, 6) is -0.580. The molecule has 0 aromatic heterocycles. The van der Waals surface area contributed by atoms with E-state index in [1.54, 1.807) is 49.4 Å². The van der Waals surface area contributed by atoms with E-state index in [0.717, 1.165) is 14.3 Å². The van der Waals surface area contributed by atoms with Gasteiger partial charge in [0.25, 0.3) is 10.0 Å². The van der Waals surface area contributed by atoms with E-state index in [-0.39, 0.29) is 29.1 Å². The summed E-state index contributed by atoms with van der Waals surface area (Å²) in [6.45, 7) is 4.87. The lowest BCUT2D eigenvalue weighted by atomic mass is 10.1. The SMILES string of the molecule is COc1ccccc1N(CC(=O)N(Cc1cccc(Br)c1)C(C)C(=O)NC(C)C)S(=O)(=O)c1ccccc1. The monoisotopic (exact) mass is 601 g/mol. The Morgan fingerprint density at radius 1 is 0.947 bits per heavy atom. The van der Waals surface area contributed by atoms with Crippen LogP contribution in [0, 0.1) is 0 Å². The number of halogens is 1. The zero-order valence-electron chi connectivity index (χ0n) is 21.8. The first kappa shape index (κ1) is 29.2. The highest BCUT2D eigenvalue weighted by Gasteiger charge is 2.33. The van der Waals surface area contributed by atoms with Gasteiger partial charge in [-0.15, -0.1) is 0 Å². The van der Waals surface area contributed by atoms with Crippen LogP contribution in [0.25, 0.3) is 0 Å². The largest absolute Gasteiger partial charge is 0.495 e. The van der Waals surface area contributed by atoms with Crippen LogP contribution < -0.4 is 14.4 Å². The van der Waals surface area contributed by atoms with Gasteiger partial charge in [0.2, 0.25) is 11.8 Å². The minimum Gasteiger partial charge on any atom is -0.495 e. The smallest absolute Gasteiger partial charge is 0.264 e. The number of ether oxygens (including phenoxy) is 1. The molecule has 8 nitrogen and oxygen atoms in total. The fourth-order valence-corrected chi connectivity index (χ4v) is 5.78. The third-order valence-electron chi connectivity index (χ3n) is 5.80. The van der Waals surface area contributed by atoms with Gasteiger partial charge in [0.15, 0.2) is 0 Å². The van der Waals surface area contributed by atoms with Gasteiger partial charge >= 0.3 is 0 Å². The molecule has 1 unspecified atom stereocenters. The fourth-order valence-electron chi connectivity index (χ4n) is 3.89. The van der Waals surface area contributed by atoms with Crippen molar-refractivity contribution in [2.24, 2.45) is 0 Å². The second kappa shape index (κ2) is 12.9. The Labute approximate surface area is 232 Å². The Hall–Kier alpha value is -3.37. The number of methoxy groups -OCH3 is 1. The number of amides is 2. The number of rotatable bonds is 11. The van der Waals surface area contributed by atoms with Crippen molar-refractivity contribution >= 4 is 43.5 Å². The molecule has 1 atom stereocenters. The topological polar surface area (TPSA) is 96.0 Å². The molecule has 202 valence electrons. The summed E-state index contributed by atoms with van der Waals surface area (Å²) < 4.78 is 34.9. The average molecular weight is 603 g/mol. The molecule has 10 heteroatoms. The van der Waals surface area contributed by atoms with E-state index in [4.69, 9.17) is 4.74 Å². The van der Waals surface area contributed by atoms with Gasteiger partial charge in [0.05, 0.1) is 17.7 Å². The number of sulfonamides is 1. The van der Waals surface area contributed by atoms with Gasteiger partial charge in [-0.3, -0.25) is 13.9 Å². The van der Waals surface area contributed by atoms with Crippen molar-refractivity contribution < 1.29 is 22.7 Å². The number of benzene rings is 3. The minimum atomic E-state index is -4.16. The van der Waals surface area contributed by atoms with Crippen molar-refractivity contribution in [3.8, 4) is 5.75 Å². The molecule has 3 rings (SSSR count). The fraction of sp³-hybridized carbons (Fsp3) is 0.286. The van der Waals surface area contributed by atoms with Crippen LogP contribution in [-0.2, 0) is 26.2 Å². The maximum absolute atomic E-state index is 13.9. The Balaban J connectivity index is 2.06. The molecule has 0 spiro atoms. The number of nitrogens with zero attached hydrogens (tertiary/aromatic N) is 2. The zero-order chi connectivity index (χ0) is 27.9. The molecule has 3 aromatic carbocycles. The van der Waals surface area contributed by atoms with Gasteiger partial charge in [-0.25, -0.2) is 8.42 Å². The third kappa shape index (κ3) is 7.14. The van der Waals surface area contributed by atoms with Gasteiger partial charge < -0.3 is 15.0 Å². The van der Waals surface area contributed by atoms with Crippen LogP contribution >= 0.6 is 15.9 Å². The van der Waals surface area contributed by atoms with Crippen LogP contribution in [0.3, 0.4) is 0 Å². The number of nitrogens with one attached hydrogen (secondary N) is 1. The summed E-state index contributed by atoms with van der Waals surface area (Å²) in [4.78, 5) is 28.3. The van der Waals surface area contributed by atoms with Gasteiger partial charge in [-0.1, -0.05) is 58.4 Å². The summed E-state index contributed by atoms with van der Waals surface area (Å²) in [6.07, 6.45) is 0. The lowest BCUT2D eigenvalue weighted by molar-refractivity contribution is -0.139. The van der Waals surface area contributed by atoms with E-state index in [1.807, 2.05) is 38.1 Å². The summed E-state index contributed by atoms with van der Waals surface area (Å²) in [5.41, 5.74) is 1.00. The van der Waals surface area contributed by atoms with Gasteiger partial charge in [0, 0.05) is 17.1 Å². The molecule has 0 aliphatic heterocycles. The second-order valence-electron chi connectivity index (χ2n) is 8.99. The zero-order valence-corrected chi connectivity index (χ0v) is 24.2. The predicted molar refractivity (Wildman–Crippen MR) is 151 cm³/mol. The van der Waals surface area contributed by atoms with Crippen LogP contribution in [0.15, 0.2) is 88.2 Å². The minimum absolute atomic E-state index is 0.0304. The first-order chi connectivity index (χ1) is 18.0. The Morgan fingerprint density at radius 2 is 1.61 bits per heavy atom. The van der Waals surface area contributed by atoms with Crippen molar-refractivity contribution in [2.45, 2.75) is 44.3 Å². The highest BCUT2D eigenvalue weighted by molar-refractivity contribution is 9.10. The maximum Gasteiger partial charge on any atom is 0.264 e. The highest BCUT2D eigenvalue weighted by atomic mass is 79.9. The van der Waals surface area contributed by atoms with Crippen LogP contribution in [0.5, 0.6) is 5.75 Å². The van der Waals surface area contributed by atoms with E-state index in [9.17, 15) is 18.0 Å². The van der Waals surface area contributed by atoms with E-state index in [0.29, 0.717) is 5.75 Å². The van der Waals surface area contributed by atoms with Crippen LogP contribution in [0.4, 0.5) is 5.69 Å². The highest BCUT2D eigenvalue weighted by Crippen LogP contribution is 2.32. The molecule has 0 aliphatic rings. The molecular formula is C28H32BrN3O5S. The molecule has 0 fully saturated rings. The van der Waals surface area contributed by atoms with Gasteiger partial charge in [-0.2, -0.15) is 0 Å². The van der Waals surface area contributed by atoms with Crippen LogP contribution in [0.2, 0.25) is 0 Å². The Kier molecular flexibility index (Phi) is 9.93. The lowest BCUT2D eigenvalue weighted by Crippen LogP contribution is -2.52. The number of carbonyl (C=O) groups is 2.